The van der Waals surface area contributed by atoms with Gasteiger partial charge in [-0.2, -0.15) is 0 Å². The Kier molecular flexibility index (Phi) is 3.45. The molecule has 0 aliphatic heterocycles. The summed E-state index contributed by atoms with van der Waals surface area (Å²) in [6.07, 6.45) is 0. The molecule has 0 fully saturated rings. The molecule has 1 aromatic carbocycles. The molecule has 90 valence electrons. The lowest BCUT2D eigenvalue weighted by Gasteiger charge is -2.07. The van der Waals surface area contributed by atoms with Crippen LogP contribution in [0.3, 0.4) is 0 Å². The van der Waals surface area contributed by atoms with E-state index in [4.69, 9.17) is 23.2 Å². The van der Waals surface area contributed by atoms with E-state index in [1.54, 1.807) is 36.0 Å². The maximum atomic E-state index is 11.1. The number of aromatic amines is 1. The van der Waals surface area contributed by atoms with Gasteiger partial charge in [0.15, 0.2) is 0 Å². The van der Waals surface area contributed by atoms with E-state index in [-0.39, 0.29) is 5.56 Å². The molecule has 4 nitrogen and oxygen atoms in total. The van der Waals surface area contributed by atoms with E-state index < -0.39 is 0 Å². The Labute approximate surface area is 108 Å². The first kappa shape index (κ1) is 12.1. The summed E-state index contributed by atoms with van der Waals surface area (Å²) < 4.78 is 1.67. The molecule has 0 saturated carbocycles. The lowest BCUT2D eigenvalue weighted by atomic mass is 10.3. The van der Waals surface area contributed by atoms with Crippen molar-refractivity contribution in [3.8, 4) is 0 Å². The maximum Gasteiger partial charge on any atom is 0.264 e. The van der Waals surface area contributed by atoms with Crippen LogP contribution in [0.25, 0.3) is 0 Å². The van der Waals surface area contributed by atoms with Gasteiger partial charge in [-0.15, -0.1) is 0 Å². The summed E-state index contributed by atoms with van der Waals surface area (Å²) in [6.45, 7) is 0.520. The van der Waals surface area contributed by atoms with E-state index in [2.05, 4.69) is 10.4 Å². The number of nitrogens with one attached hydrogen (secondary N) is 2. The Morgan fingerprint density at radius 1 is 1.24 bits per heavy atom. The fourth-order valence-electron chi connectivity index (χ4n) is 1.54. The number of hydrogen-bond donors (Lipinski definition) is 2. The van der Waals surface area contributed by atoms with Crippen LogP contribution < -0.4 is 10.9 Å². The van der Waals surface area contributed by atoms with E-state index in [9.17, 15) is 4.79 Å². The molecular weight excluding hydrogens is 261 g/mol. The number of aromatic nitrogens is 2. The average Bonchev–Trinajstić information content (AvgIpc) is 2.53. The molecule has 0 atom stereocenters. The third-order valence-electron chi connectivity index (χ3n) is 2.34. The third kappa shape index (κ3) is 3.05. The first-order chi connectivity index (χ1) is 8.04. The molecule has 2 N–H and O–H groups in total. The molecule has 2 rings (SSSR count). The molecule has 0 unspecified atom stereocenters. The van der Waals surface area contributed by atoms with E-state index >= 15 is 0 Å². The number of aryl methyl sites for hydroxylation is 1. The number of hydrogen-bond acceptors (Lipinski definition) is 2. The zero-order valence-corrected chi connectivity index (χ0v) is 10.6. The normalized spacial score (nSPS) is 10.5. The van der Waals surface area contributed by atoms with Gasteiger partial charge in [0.05, 0.1) is 12.2 Å². The molecular formula is C11H11Cl2N3O. The third-order valence-corrected chi connectivity index (χ3v) is 2.78. The van der Waals surface area contributed by atoms with Gasteiger partial charge in [-0.05, 0) is 18.2 Å². The average molecular weight is 272 g/mol. The summed E-state index contributed by atoms with van der Waals surface area (Å²) in [4.78, 5) is 11.1. The van der Waals surface area contributed by atoms with Gasteiger partial charge in [0.2, 0.25) is 0 Å². The zero-order chi connectivity index (χ0) is 12.4. The molecule has 1 aromatic heterocycles. The second-order valence-corrected chi connectivity index (χ2v) is 4.56. The Morgan fingerprint density at radius 2 is 1.88 bits per heavy atom. The van der Waals surface area contributed by atoms with Gasteiger partial charge in [0.25, 0.3) is 5.56 Å². The molecule has 6 heteroatoms. The van der Waals surface area contributed by atoms with Gasteiger partial charge in [-0.25, -0.2) is 0 Å². The largest absolute Gasteiger partial charge is 0.379 e. The number of nitrogens with zero attached hydrogens (tertiary/aromatic N) is 1. The first-order valence-electron chi connectivity index (χ1n) is 4.99. The van der Waals surface area contributed by atoms with Crippen LogP contribution in [0.5, 0.6) is 0 Å². The molecule has 1 heterocycles. The summed E-state index contributed by atoms with van der Waals surface area (Å²) in [5.74, 6) is 0. The quantitative estimate of drug-likeness (QED) is 0.902. The van der Waals surface area contributed by atoms with Crippen LogP contribution in [0.1, 0.15) is 5.69 Å². The highest BCUT2D eigenvalue weighted by Gasteiger charge is 2.02. The van der Waals surface area contributed by atoms with Gasteiger partial charge in [0, 0.05) is 28.8 Å². The van der Waals surface area contributed by atoms with Crippen molar-refractivity contribution in [2.24, 2.45) is 7.05 Å². The van der Waals surface area contributed by atoms with E-state index in [0.717, 1.165) is 11.4 Å². The first-order valence-corrected chi connectivity index (χ1v) is 5.75. The molecule has 0 aliphatic rings. The smallest absolute Gasteiger partial charge is 0.264 e. The van der Waals surface area contributed by atoms with Crippen molar-refractivity contribution in [3.63, 3.8) is 0 Å². The summed E-state index contributed by atoms with van der Waals surface area (Å²) in [6, 6.07) is 6.76. The van der Waals surface area contributed by atoms with Crippen molar-refractivity contribution < 1.29 is 0 Å². The predicted molar refractivity (Wildman–Crippen MR) is 69.8 cm³/mol. The molecule has 0 spiro atoms. The molecule has 2 aromatic rings. The minimum atomic E-state index is -0.117. The van der Waals surface area contributed by atoms with E-state index in [1.807, 2.05) is 0 Å². The molecule has 0 aliphatic carbocycles. The summed E-state index contributed by atoms with van der Waals surface area (Å²) >= 11 is 11.8. The summed E-state index contributed by atoms with van der Waals surface area (Å²) in [5.41, 5.74) is 1.55. The highest BCUT2D eigenvalue weighted by molar-refractivity contribution is 6.35. The molecule has 0 saturated heterocycles. The Bertz CT molecular complexity index is 568. The Balaban J connectivity index is 2.12. The predicted octanol–water partition coefficient (Wildman–Crippen LogP) is 2.63. The fraction of sp³-hybridized carbons (Fsp3) is 0.182. The standard InChI is InChI=1S/C11H11Cl2N3O/c1-16-10(5-11(17)15-16)6-14-9-3-7(12)2-8(13)4-9/h2-5,14H,6H2,1H3,(H,15,17). The van der Waals surface area contributed by atoms with Crippen molar-refractivity contribution >= 4 is 28.9 Å². The molecule has 0 radical (unpaired) electrons. The van der Waals surface area contributed by atoms with Gasteiger partial charge in [0.1, 0.15) is 0 Å². The number of benzene rings is 1. The van der Waals surface area contributed by atoms with E-state index in [1.165, 1.54) is 0 Å². The van der Waals surface area contributed by atoms with Crippen LogP contribution in [0.15, 0.2) is 29.1 Å². The number of rotatable bonds is 3. The van der Waals surface area contributed by atoms with Crippen molar-refractivity contribution in [1.29, 1.82) is 0 Å². The number of halogens is 2. The maximum absolute atomic E-state index is 11.1. The van der Waals surface area contributed by atoms with Gasteiger partial charge in [-0.1, -0.05) is 23.2 Å². The zero-order valence-electron chi connectivity index (χ0n) is 9.13. The van der Waals surface area contributed by atoms with E-state index in [0.29, 0.717) is 16.6 Å². The molecule has 0 bridgehead atoms. The van der Waals surface area contributed by atoms with Crippen LogP contribution in [-0.2, 0) is 13.6 Å². The van der Waals surface area contributed by atoms with Crippen molar-refractivity contribution in [3.05, 3.63) is 50.4 Å². The number of anilines is 1. The number of H-pyrrole nitrogens is 1. The van der Waals surface area contributed by atoms with Gasteiger partial charge >= 0.3 is 0 Å². The highest BCUT2D eigenvalue weighted by atomic mass is 35.5. The van der Waals surface area contributed by atoms with Crippen LogP contribution in [0.4, 0.5) is 5.69 Å². The lowest BCUT2D eigenvalue weighted by Crippen LogP contribution is -2.05. The lowest BCUT2D eigenvalue weighted by molar-refractivity contribution is 0.713. The van der Waals surface area contributed by atoms with Crippen LogP contribution in [-0.4, -0.2) is 9.78 Å². The highest BCUT2D eigenvalue weighted by Crippen LogP contribution is 2.22. The molecule has 17 heavy (non-hydrogen) atoms. The summed E-state index contributed by atoms with van der Waals surface area (Å²) in [5, 5.41) is 6.93. The monoisotopic (exact) mass is 271 g/mol. The second kappa shape index (κ2) is 4.85. The van der Waals surface area contributed by atoms with Crippen molar-refractivity contribution in [1.82, 2.24) is 9.78 Å². The minimum absolute atomic E-state index is 0.117. The minimum Gasteiger partial charge on any atom is -0.379 e. The van der Waals surface area contributed by atoms with Crippen LogP contribution in [0, 0.1) is 0 Å². The SMILES string of the molecule is Cn1[nH]c(=O)cc1CNc1cc(Cl)cc(Cl)c1. The Morgan fingerprint density at radius 3 is 2.41 bits per heavy atom. The Hall–Kier alpha value is -1.39. The van der Waals surface area contributed by atoms with Gasteiger partial charge in [-0.3, -0.25) is 14.6 Å². The topological polar surface area (TPSA) is 49.8 Å². The van der Waals surface area contributed by atoms with Crippen molar-refractivity contribution in [2.75, 3.05) is 5.32 Å². The second-order valence-electron chi connectivity index (χ2n) is 3.68. The van der Waals surface area contributed by atoms with Crippen LogP contribution in [0.2, 0.25) is 10.0 Å². The fourth-order valence-corrected chi connectivity index (χ4v) is 2.06. The van der Waals surface area contributed by atoms with Crippen molar-refractivity contribution in [2.45, 2.75) is 6.54 Å². The van der Waals surface area contributed by atoms with Crippen LogP contribution >= 0.6 is 23.2 Å². The summed E-state index contributed by atoms with van der Waals surface area (Å²) in [7, 11) is 1.78. The molecule has 0 amide bonds. The van der Waals surface area contributed by atoms with Gasteiger partial charge < -0.3 is 5.32 Å².